The molecular formula is C13H20FeSi2-6. The van der Waals surface area contributed by atoms with E-state index in [1.165, 1.54) is 0 Å². The molecule has 0 heterocycles. The molecule has 2 aromatic rings. The van der Waals surface area contributed by atoms with E-state index in [4.69, 9.17) is 0 Å². The minimum atomic E-state index is -0.723. The standard InChI is InChI=1S/C8H15Si2.C5H5.Fe/c1-10(2,3)9-8-6-4-5-7-8;1-2-4-5-3-1;/h4-7H,9H2,1-3H3;1-5H;/q-1;-5;. The van der Waals surface area contributed by atoms with E-state index in [1.807, 2.05) is 30.3 Å². The Morgan fingerprint density at radius 2 is 1.25 bits per heavy atom. The monoisotopic (exact) mass is 288 g/mol. The molecule has 0 fully saturated rings. The second-order valence-electron chi connectivity index (χ2n) is 4.99. The van der Waals surface area contributed by atoms with Crippen LogP contribution in [0.25, 0.3) is 0 Å². The molecule has 0 aliphatic rings. The van der Waals surface area contributed by atoms with Crippen molar-refractivity contribution in [2.24, 2.45) is 0 Å². The van der Waals surface area contributed by atoms with Gasteiger partial charge in [-0.1, -0.05) is 19.6 Å². The zero-order chi connectivity index (χ0) is 11.1. The van der Waals surface area contributed by atoms with Gasteiger partial charge in [0.1, 0.15) is 0 Å². The molecule has 16 heavy (non-hydrogen) atoms. The van der Waals surface area contributed by atoms with Gasteiger partial charge in [-0.2, -0.15) is 17.3 Å². The van der Waals surface area contributed by atoms with Gasteiger partial charge in [0.05, 0.1) is 0 Å². The van der Waals surface area contributed by atoms with Gasteiger partial charge in [0.25, 0.3) is 0 Å². The third kappa shape index (κ3) is 7.88. The van der Waals surface area contributed by atoms with E-state index in [2.05, 4.69) is 43.9 Å². The quantitative estimate of drug-likeness (QED) is 0.588. The fraction of sp³-hybridized carbons (Fsp3) is 0.231. The number of hydrogen-bond donors (Lipinski definition) is 0. The van der Waals surface area contributed by atoms with Crippen LogP contribution in [0, 0.1) is 0 Å². The minimum absolute atomic E-state index is 0. The van der Waals surface area contributed by atoms with E-state index >= 15 is 0 Å². The van der Waals surface area contributed by atoms with E-state index in [1.54, 1.807) is 5.19 Å². The zero-order valence-corrected chi connectivity index (χ0v) is 13.8. The van der Waals surface area contributed by atoms with Crippen LogP contribution in [0.1, 0.15) is 0 Å². The maximum atomic E-state index is 2.46. The average molecular weight is 288 g/mol. The van der Waals surface area contributed by atoms with Crippen molar-refractivity contribution in [1.82, 2.24) is 0 Å². The first-order valence-electron chi connectivity index (χ1n) is 5.45. The molecule has 0 spiro atoms. The molecule has 2 aromatic carbocycles. The Hall–Kier alpha value is -0.347. The topological polar surface area (TPSA) is 0 Å². The fourth-order valence-corrected chi connectivity index (χ4v) is 7.58. The molecular weight excluding hydrogens is 268 g/mol. The van der Waals surface area contributed by atoms with Crippen molar-refractivity contribution in [3.63, 3.8) is 0 Å². The molecule has 3 heteroatoms. The smallest absolute Gasteiger partial charge is 0.0233 e. The summed E-state index contributed by atoms with van der Waals surface area (Å²) in [6.07, 6.45) is 0. The van der Waals surface area contributed by atoms with Crippen LogP contribution in [-0.4, -0.2) is 16.6 Å². The van der Waals surface area contributed by atoms with E-state index < -0.39 is 7.59 Å². The van der Waals surface area contributed by atoms with Crippen molar-refractivity contribution in [2.75, 3.05) is 0 Å². The van der Waals surface area contributed by atoms with Crippen LogP contribution in [0.2, 0.25) is 19.6 Å². The van der Waals surface area contributed by atoms with E-state index in [-0.39, 0.29) is 26.1 Å². The Bertz CT molecular complexity index is 313. The van der Waals surface area contributed by atoms with Crippen molar-refractivity contribution in [2.45, 2.75) is 19.6 Å². The van der Waals surface area contributed by atoms with Gasteiger partial charge in [0, 0.05) is 24.7 Å². The second-order valence-corrected chi connectivity index (χ2v) is 18.7. The normalized spacial score (nSPS) is 10.7. The summed E-state index contributed by atoms with van der Waals surface area (Å²) in [6, 6.07) is 18.9. The summed E-state index contributed by atoms with van der Waals surface area (Å²) in [5, 5.41) is 1.65. The predicted octanol–water partition coefficient (Wildman–Crippen LogP) is 2.44. The third-order valence-electron chi connectivity index (χ3n) is 2.02. The number of hydrogen-bond acceptors (Lipinski definition) is 0. The summed E-state index contributed by atoms with van der Waals surface area (Å²) >= 11 is 0. The zero-order valence-electron chi connectivity index (χ0n) is 10.3. The van der Waals surface area contributed by atoms with Crippen molar-refractivity contribution in [3.8, 4) is 0 Å². The molecule has 0 atom stereocenters. The van der Waals surface area contributed by atoms with Gasteiger partial charge in [-0.25, -0.2) is 12.1 Å². The van der Waals surface area contributed by atoms with Gasteiger partial charge >= 0.3 is 0 Å². The molecule has 0 saturated carbocycles. The second kappa shape index (κ2) is 7.85. The Morgan fingerprint density at radius 1 is 0.875 bits per heavy atom. The molecule has 0 unspecified atom stereocenters. The largest absolute Gasteiger partial charge is 0.748 e. The van der Waals surface area contributed by atoms with Crippen LogP contribution in [0.15, 0.2) is 54.6 Å². The first-order chi connectivity index (χ1) is 7.08. The van der Waals surface area contributed by atoms with Crippen LogP contribution < -0.4 is 5.19 Å². The first-order valence-corrected chi connectivity index (χ1v) is 12.0. The third-order valence-corrected chi connectivity index (χ3v) is 8.37. The summed E-state index contributed by atoms with van der Waals surface area (Å²) in [4.78, 5) is 0. The Labute approximate surface area is 113 Å². The maximum Gasteiger partial charge on any atom is 0.0233 e. The summed E-state index contributed by atoms with van der Waals surface area (Å²) < 4.78 is 0. The van der Waals surface area contributed by atoms with Gasteiger partial charge in [0.2, 0.25) is 0 Å². The Balaban J connectivity index is 0.000000318. The van der Waals surface area contributed by atoms with Crippen LogP contribution in [-0.2, 0) is 17.1 Å². The Morgan fingerprint density at radius 3 is 1.56 bits per heavy atom. The van der Waals surface area contributed by atoms with Gasteiger partial charge < -0.3 is 30.3 Å². The fourth-order valence-electron chi connectivity index (χ4n) is 1.46. The molecule has 0 nitrogen and oxygen atoms in total. The maximum absolute atomic E-state index is 2.46. The summed E-state index contributed by atoms with van der Waals surface area (Å²) in [7, 11) is -0.615. The van der Waals surface area contributed by atoms with Crippen molar-refractivity contribution in [3.05, 3.63) is 54.6 Å². The summed E-state index contributed by atoms with van der Waals surface area (Å²) in [6.45, 7) is 7.39. The predicted molar refractivity (Wildman–Crippen MR) is 75.6 cm³/mol. The average Bonchev–Trinajstić information content (AvgIpc) is 2.71. The first kappa shape index (κ1) is 15.7. The molecule has 0 aliphatic carbocycles. The van der Waals surface area contributed by atoms with E-state index in [9.17, 15) is 0 Å². The van der Waals surface area contributed by atoms with E-state index in [0.29, 0.717) is 0 Å². The van der Waals surface area contributed by atoms with Crippen molar-refractivity contribution >= 4 is 21.8 Å². The van der Waals surface area contributed by atoms with Crippen LogP contribution in [0.3, 0.4) is 0 Å². The van der Waals surface area contributed by atoms with Crippen LogP contribution in [0.4, 0.5) is 0 Å². The molecule has 0 bridgehead atoms. The van der Waals surface area contributed by atoms with Gasteiger partial charge in [-0.05, 0) is 9.04 Å². The molecule has 0 aliphatic heterocycles. The molecule has 0 N–H and O–H groups in total. The molecule has 0 amide bonds. The Kier molecular flexibility index (Phi) is 7.68. The van der Waals surface area contributed by atoms with Crippen molar-refractivity contribution < 1.29 is 17.1 Å². The molecule has 94 valence electrons. The molecule has 0 saturated heterocycles. The molecule has 0 aromatic heterocycles. The molecule has 0 radical (unpaired) electrons. The van der Waals surface area contributed by atoms with Gasteiger partial charge in [0.15, 0.2) is 0 Å². The minimum Gasteiger partial charge on any atom is -0.748 e. The van der Waals surface area contributed by atoms with E-state index in [0.717, 1.165) is 0 Å². The summed E-state index contributed by atoms with van der Waals surface area (Å²) in [5.41, 5.74) is 0. The van der Waals surface area contributed by atoms with Crippen LogP contribution >= 0.6 is 0 Å². The summed E-state index contributed by atoms with van der Waals surface area (Å²) in [5.74, 6) is 0. The van der Waals surface area contributed by atoms with Crippen LogP contribution in [0.5, 0.6) is 0 Å². The van der Waals surface area contributed by atoms with Gasteiger partial charge in [-0.15, -0.1) is 0 Å². The van der Waals surface area contributed by atoms with Crippen molar-refractivity contribution in [1.29, 1.82) is 0 Å². The van der Waals surface area contributed by atoms with Gasteiger partial charge in [-0.3, -0.25) is 0 Å². The SMILES string of the molecule is C[Si](C)(C)[SiH2][c-]1cccc1.[Fe].[cH-]1[cH-][cH-][cH-][cH-]1. The number of rotatable bonds is 2. The molecule has 2 rings (SSSR count).